The van der Waals surface area contributed by atoms with Crippen molar-refractivity contribution in [3.05, 3.63) is 35.4 Å². The molecule has 1 heterocycles. The average Bonchev–Trinajstić information content (AvgIpc) is 3.28. The third kappa shape index (κ3) is 3.93. The third-order valence-electron chi connectivity index (χ3n) is 4.92. The van der Waals surface area contributed by atoms with Gasteiger partial charge in [-0.1, -0.05) is 38.1 Å². The molecule has 2 atom stereocenters. The summed E-state index contributed by atoms with van der Waals surface area (Å²) < 4.78 is 5.80. The van der Waals surface area contributed by atoms with Crippen LogP contribution < -0.4 is 5.73 Å². The maximum absolute atomic E-state index is 12.8. The van der Waals surface area contributed by atoms with Crippen LogP contribution in [0, 0.1) is 0 Å². The van der Waals surface area contributed by atoms with Gasteiger partial charge in [0, 0.05) is 19.1 Å². The summed E-state index contributed by atoms with van der Waals surface area (Å²) in [5.41, 5.74) is 8.19. The fourth-order valence-corrected chi connectivity index (χ4v) is 3.22. The molecule has 0 aromatic heterocycles. The van der Waals surface area contributed by atoms with E-state index in [0.717, 1.165) is 25.7 Å². The summed E-state index contributed by atoms with van der Waals surface area (Å²) in [5, 5.41) is 0. The van der Waals surface area contributed by atoms with Crippen LogP contribution in [-0.4, -0.2) is 35.6 Å². The van der Waals surface area contributed by atoms with Gasteiger partial charge in [0.25, 0.3) is 5.91 Å². The van der Waals surface area contributed by atoms with Gasteiger partial charge in [-0.3, -0.25) is 4.79 Å². The average molecular weight is 316 g/mol. The van der Waals surface area contributed by atoms with Gasteiger partial charge in [-0.2, -0.15) is 0 Å². The van der Waals surface area contributed by atoms with Crippen molar-refractivity contribution in [3.63, 3.8) is 0 Å². The number of rotatable bonds is 6. The van der Waals surface area contributed by atoms with Crippen LogP contribution in [0.2, 0.25) is 0 Å². The molecule has 1 saturated heterocycles. The number of nitrogens with two attached hydrogens (primary N) is 1. The predicted octanol–water partition coefficient (Wildman–Crippen LogP) is 2.81. The number of hydrogen-bond donors (Lipinski definition) is 1. The Labute approximate surface area is 139 Å². The topological polar surface area (TPSA) is 55.6 Å². The molecule has 1 amide bonds. The fraction of sp³-hybridized carbons (Fsp3) is 0.632. The van der Waals surface area contributed by atoms with Gasteiger partial charge in [0.1, 0.15) is 6.10 Å². The van der Waals surface area contributed by atoms with Gasteiger partial charge >= 0.3 is 0 Å². The second-order valence-corrected chi connectivity index (χ2v) is 7.15. The summed E-state index contributed by atoms with van der Waals surface area (Å²) >= 11 is 0. The molecule has 2 fully saturated rings. The zero-order valence-corrected chi connectivity index (χ0v) is 14.2. The van der Waals surface area contributed by atoms with E-state index in [0.29, 0.717) is 25.0 Å². The van der Waals surface area contributed by atoms with E-state index in [1.807, 2.05) is 4.90 Å². The lowest BCUT2D eigenvalue weighted by Crippen LogP contribution is -2.40. The Hall–Kier alpha value is -1.39. The minimum atomic E-state index is -0.293. The van der Waals surface area contributed by atoms with Crippen molar-refractivity contribution >= 4 is 5.91 Å². The molecular weight excluding hydrogens is 288 g/mol. The van der Waals surface area contributed by atoms with Crippen LogP contribution in [0.1, 0.15) is 56.6 Å². The van der Waals surface area contributed by atoms with E-state index >= 15 is 0 Å². The predicted molar refractivity (Wildman–Crippen MR) is 91.1 cm³/mol. The molecule has 0 bridgehead atoms. The van der Waals surface area contributed by atoms with Crippen molar-refractivity contribution in [2.75, 3.05) is 6.54 Å². The normalized spacial score (nSPS) is 24.2. The molecule has 4 heteroatoms. The molecule has 0 spiro atoms. The number of hydrogen-bond acceptors (Lipinski definition) is 3. The van der Waals surface area contributed by atoms with Gasteiger partial charge in [0.15, 0.2) is 0 Å². The molecule has 0 radical (unpaired) electrons. The Kier molecular flexibility index (Phi) is 5.02. The molecule has 126 valence electrons. The number of amides is 1. The quantitative estimate of drug-likeness (QED) is 0.878. The first-order chi connectivity index (χ1) is 11.1. The first-order valence-electron chi connectivity index (χ1n) is 8.83. The Morgan fingerprint density at radius 1 is 1.22 bits per heavy atom. The number of carbonyl (C=O) groups excluding carboxylic acids is 1. The monoisotopic (exact) mass is 316 g/mol. The maximum atomic E-state index is 12.8. The summed E-state index contributed by atoms with van der Waals surface area (Å²) in [4.78, 5) is 14.8. The standard InChI is InChI=1S/C19H28N2O2/c1-13(2)15-5-3-14(4-6-15)12-21(16-7-8-16)19(22)18-10-9-17(11-20)23-18/h3-6,13,16-18H,7-12,20H2,1-2H3/t17-,18+/m1/s1. The van der Waals surface area contributed by atoms with E-state index in [1.165, 1.54) is 11.1 Å². The van der Waals surface area contributed by atoms with Crippen LogP contribution in [0.15, 0.2) is 24.3 Å². The summed E-state index contributed by atoms with van der Waals surface area (Å²) in [6.45, 7) is 5.58. The van der Waals surface area contributed by atoms with E-state index in [1.54, 1.807) is 0 Å². The third-order valence-corrected chi connectivity index (χ3v) is 4.92. The maximum Gasteiger partial charge on any atom is 0.252 e. The zero-order chi connectivity index (χ0) is 16.4. The van der Waals surface area contributed by atoms with Crippen LogP contribution >= 0.6 is 0 Å². The second kappa shape index (κ2) is 7.02. The van der Waals surface area contributed by atoms with Gasteiger partial charge in [-0.05, 0) is 42.7 Å². The van der Waals surface area contributed by atoms with Gasteiger partial charge in [0.05, 0.1) is 6.10 Å². The lowest BCUT2D eigenvalue weighted by Gasteiger charge is -2.26. The van der Waals surface area contributed by atoms with Crippen LogP contribution in [0.5, 0.6) is 0 Å². The molecule has 1 aromatic rings. The molecule has 23 heavy (non-hydrogen) atoms. The lowest BCUT2D eigenvalue weighted by molar-refractivity contribution is -0.144. The van der Waals surface area contributed by atoms with E-state index < -0.39 is 0 Å². The summed E-state index contributed by atoms with van der Waals surface area (Å²) in [6.07, 6.45) is 3.69. The SMILES string of the molecule is CC(C)c1ccc(CN(C(=O)[C@@H]2CC[C@H](CN)O2)C2CC2)cc1. The number of carbonyl (C=O) groups is 1. The number of benzene rings is 1. The molecule has 1 saturated carbocycles. The molecule has 3 rings (SSSR count). The lowest BCUT2D eigenvalue weighted by atomic mass is 10.0. The highest BCUT2D eigenvalue weighted by Gasteiger charge is 2.39. The summed E-state index contributed by atoms with van der Waals surface area (Å²) in [5.74, 6) is 0.682. The van der Waals surface area contributed by atoms with Crippen molar-refractivity contribution in [1.82, 2.24) is 4.90 Å². The van der Waals surface area contributed by atoms with Crippen molar-refractivity contribution in [1.29, 1.82) is 0 Å². The molecule has 4 nitrogen and oxygen atoms in total. The Balaban J connectivity index is 1.66. The number of nitrogens with zero attached hydrogens (tertiary/aromatic N) is 1. The van der Waals surface area contributed by atoms with Crippen molar-refractivity contribution in [2.24, 2.45) is 5.73 Å². The van der Waals surface area contributed by atoms with E-state index in [4.69, 9.17) is 10.5 Å². The zero-order valence-electron chi connectivity index (χ0n) is 14.2. The first kappa shape index (κ1) is 16.5. The minimum absolute atomic E-state index is 0.0512. The number of ether oxygens (including phenoxy) is 1. The van der Waals surface area contributed by atoms with Crippen LogP contribution in [0.25, 0.3) is 0 Å². The molecular formula is C19H28N2O2. The van der Waals surface area contributed by atoms with Gasteiger partial charge in [0.2, 0.25) is 0 Å². The highest BCUT2D eigenvalue weighted by molar-refractivity contribution is 5.81. The van der Waals surface area contributed by atoms with E-state index in [-0.39, 0.29) is 18.1 Å². The van der Waals surface area contributed by atoms with E-state index in [2.05, 4.69) is 38.1 Å². The van der Waals surface area contributed by atoms with Crippen molar-refractivity contribution in [3.8, 4) is 0 Å². The summed E-state index contributed by atoms with van der Waals surface area (Å²) in [7, 11) is 0. The van der Waals surface area contributed by atoms with Gasteiger partial charge < -0.3 is 15.4 Å². The fourth-order valence-electron chi connectivity index (χ4n) is 3.22. The van der Waals surface area contributed by atoms with Crippen LogP contribution in [-0.2, 0) is 16.1 Å². The Bertz CT molecular complexity index is 537. The van der Waals surface area contributed by atoms with Gasteiger partial charge in [-0.15, -0.1) is 0 Å². The molecule has 2 N–H and O–H groups in total. The largest absolute Gasteiger partial charge is 0.364 e. The molecule has 1 aromatic carbocycles. The molecule has 1 aliphatic heterocycles. The minimum Gasteiger partial charge on any atom is -0.364 e. The molecule has 1 aliphatic carbocycles. The van der Waals surface area contributed by atoms with Crippen LogP contribution in [0.4, 0.5) is 0 Å². The first-order valence-corrected chi connectivity index (χ1v) is 8.83. The second-order valence-electron chi connectivity index (χ2n) is 7.15. The van der Waals surface area contributed by atoms with Crippen molar-refractivity contribution < 1.29 is 9.53 Å². The van der Waals surface area contributed by atoms with Gasteiger partial charge in [-0.25, -0.2) is 0 Å². The Morgan fingerprint density at radius 3 is 2.43 bits per heavy atom. The van der Waals surface area contributed by atoms with Crippen molar-refractivity contribution in [2.45, 2.75) is 70.2 Å². The van der Waals surface area contributed by atoms with E-state index in [9.17, 15) is 4.79 Å². The Morgan fingerprint density at radius 2 is 1.91 bits per heavy atom. The molecule has 0 unspecified atom stereocenters. The highest BCUT2D eigenvalue weighted by Crippen LogP contribution is 2.31. The summed E-state index contributed by atoms with van der Waals surface area (Å²) in [6, 6.07) is 9.04. The molecule has 2 aliphatic rings. The smallest absolute Gasteiger partial charge is 0.252 e. The highest BCUT2D eigenvalue weighted by atomic mass is 16.5. The van der Waals surface area contributed by atoms with Crippen LogP contribution in [0.3, 0.4) is 0 Å².